The smallest absolute Gasteiger partial charge is 0.407 e. The van der Waals surface area contributed by atoms with Gasteiger partial charge in [0, 0.05) is 31.4 Å². The number of hydrogen-bond acceptors (Lipinski definition) is 3. The van der Waals surface area contributed by atoms with Crippen LogP contribution in [-0.2, 0) is 11.3 Å². The van der Waals surface area contributed by atoms with E-state index in [4.69, 9.17) is 4.74 Å². The largest absolute Gasteiger partial charge is 0.444 e. The number of imidazole rings is 1. The molecule has 100 valence electrons. The van der Waals surface area contributed by atoms with Crippen LogP contribution in [0.4, 0.5) is 4.79 Å². The van der Waals surface area contributed by atoms with Gasteiger partial charge in [0.2, 0.25) is 0 Å². The summed E-state index contributed by atoms with van der Waals surface area (Å²) in [7, 11) is 0. The quantitative estimate of drug-likeness (QED) is 0.893. The van der Waals surface area contributed by atoms with Crippen LogP contribution < -0.4 is 5.32 Å². The van der Waals surface area contributed by atoms with E-state index in [1.807, 2.05) is 33.2 Å². The maximum Gasteiger partial charge on any atom is 0.407 e. The first-order chi connectivity index (χ1) is 8.46. The Balaban J connectivity index is 1.75. The second kappa shape index (κ2) is 5.00. The van der Waals surface area contributed by atoms with Gasteiger partial charge >= 0.3 is 6.09 Å². The number of alkyl carbamates (subject to hydrolysis) is 1. The molecule has 1 amide bonds. The average Bonchev–Trinajstić information content (AvgIpc) is 2.97. The number of amides is 1. The van der Waals surface area contributed by atoms with Crippen LogP contribution in [-0.4, -0.2) is 27.8 Å². The number of carbonyl (C=O) groups excluding carboxylic acids is 1. The van der Waals surface area contributed by atoms with Gasteiger partial charge in [-0.25, -0.2) is 9.78 Å². The van der Waals surface area contributed by atoms with E-state index in [1.165, 1.54) is 12.8 Å². The number of ether oxygens (including phenoxy) is 1. The first kappa shape index (κ1) is 12.9. The number of hydrogen-bond donors (Lipinski definition) is 1. The molecule has 0 bridgehead atoms. The van der Waals surface area contributed by atoms with Gasteiger partial charge in [-0.3, -0.25) is 0 Å². The zero-order valence-electron chi connectivity index (χ0n) is 11.3. The van der Waals surface area contributed by atoms with Crippen LogP contribution in [0.15, 0.2) is 12.4 Å². The van der Waals surface area contributed by atoms with Crippen LogP contribution in [0.3, 0.4) is 0 Å². The van der Waals surface area contributed by atoms with Crippen molar-refractivity contribution in [2.45, 2.75) is 51.7 Å². The lowest BCUT2D eigenvalue weighted by atomic mass is 10.2. The summed E-state index contributed by atoms with van der Waals surface area (Å²) in [6.07, 6.45) is 5.88. The van der Waals surface area contributed by atoms with E-state index in [2.05, 4.69) is 14.9 Å². The highest BCUT2D eigenvalue weighted by Crippen LogP contribution is 2.38. The molecule has 0 radical (unpaired) electrons. The highest BCUT2D eigenvalue weighted by molar-refractivity contribution is 5.67. The summed E-state index contributed by atoms with van der Waals surface area (Å²) in [4.78, 5) is 15.8. The van der Waals surface area contributed by atoms with Gasteiger partial charge in [0.15, 0.2) is 0 Å². The van der Waals surface area contributed by atoms with Gasteiger partial charge in [-0.05, 0) is 33.6 Å². The van der Waals surface area contributed by atoms with E-state index in [1.54, 1.807) is 0 Å². The van der Waals surface area contributed by atoms with Crippen molar-refractivity contribution in [3.8, 4) is 0 Å². The van der Waals surface area contributed by atoms with Gasteiger partial charge in [-0.1, -0.05) is 0 Å². The minimum Gasteiger partial charge on any atom is -0.444 e. The highest BCUT2D eigenvalue weighted by Gasteiger charge is 2.27. The van der Waals surface area contributed by atoms with Crippen molar-refractivity contribution in [2.75, 3.05) is 6.54 Å². The second-order valence-corrected chi connectivity index (χ2v) is 5.68. The number of nitrogens with one attached hydrogen (secondary N) is 1. The molecule has 5 nitrogen and oxygen atoms in total. The number of aromatic nitrogens is 2. The Morgan fingerprint density at radius 3 is 2.89 bits per heavy atom. The maximum atomic E-state index is 11.5. The van der Waals surface area contributed by atoms with Crippen LogP contribution in [0.1, 0.15) is 45.4 Å². The first-order valence-electron chi connectivity index (χ1n) is 6.43. The molecule has 1 aromatic heterocycles. The predicted octanol–water partition coefficient (Wildman–Crippen LogP) is 2.29. The lowest BCUT2D eigenvalue weighted by molar-refractivity contribution is 0.0526. The standard InChI is InChI=1S/C13H21N3O2/c1-13(2,3)18-12(17)15-7-9-16-8-6-14-11(16)10-4-5-10/h6,8,10H,4-5,7,9H2,1-3H3,(H,15,17). The zero-order valence-corrected chi connectivity index (χ0v) is 11.3. The molecule has 1 N–H and O–H groups in total. The molecule has 0 atom stereocenters. The van der Waals surface area contributed by atoms with E-state index < -0.39 is 5.60 Å². The highest BCUT2D eigenvalue weighted by atomic mass is 16.6. The van der Waals surface area contributed by atoms with Crippen molar-refractivity contribution in [3.63, 3.8) is 0 Å². The van der Waals surface area contributed by atoms with Gasteiger partial charge in [0.1, 0.15) is 11.4 Å². The molecule has 1 aliphatic rings. The van der Waals surface area contributed by atoms with E-state index >= 15 is 0 Å². The third-order valence-corrected chi connectivity index (χ3v) is 2.71. The zero-order chi connectivity index (χ0) is 13.2. The number of nitrogens with zero attached hydrogens (tertiary/aromatic N) is 2. The van der Waals surface area contributed by atoms with Crippen molar-refractivity contribution in [1.82, 2.24) is 14.9 Å². The Morgan fingerprint density at radius 2 is 2.28 bits per heavy atom. The van der Waals surface area contributed by atoms with Gasteiger partial charge in [-0.15, -0.1) is 0 Å². The summed E-state index contributed by atoms with van der Waals surface area (Å²) >= 11 is 0. The third kappa shape index (κ3) is 3.75. The predicted molar refractivity (Wildman–Crippen MR) is 68.4 cm³/mol. The molecule has 0 aliphatic heterocycles. The van der Waals surface area contributed by atoms with Crippen molar-refractivity contribution in [3.05, 3.63) is 18.2 Å². The summed E-state index contributed by atoms with van der Waals surface area (Å²) < 4.78 is 7.28. The third-order valence-electron chi connectivity index (χ3n) is 2.71. The summed E-state index contributed by atoms with van der Waals surface area (Å²) in [5, 5.41) is 2.75. The molecule has 1 aliphatic carbocycles. The van der Waals surface area contributed by atoms with E-state index in [0.717, 1.165) is 12.4 Å². The minimum atomic E-state index is -0.446. The molecule has 2 rings (SSSR count). The van der Waals surface area contributed by atoms with E-state index in [-0.39, 0.29) is 6.09 Å². The van der Waals surface area contributed by atoms with E-state index in [9.17, 15) is 4.79 Å². The summed E-state index contributed by atoms with van der Waals surface area (Å²) in [5.74, 6) is 1.77. The Hall–Kier alpha value is -1.52. The molecule has 5 heteroatoms. The fourth-order valence-electron chi connectivity index (χ4n) is 1.80. The number of rotatable bonds is 4. The Kier molecular flexibility index (Phi) is 3.59. The molecule has 0 saturated heterocycles. The molecule has 0 unspecified atom stereocenters. The average molecular weight is 251 g/mol. The Morgan fingerprint density at radius 1 is 1.56 bits per heavy atom. The summed E-state index contributed by atoms with van der Waals surface area (Å²) in [6, 6.07) is 0. The second-order valence-electron chi connectivity index (χ2n) is 5.68. The Bertz CT molecular complexity index is 416. The van der Waals surface area contributed by atoms with Gasteiger partial charge in [0.25, 0.3) is 0 Å². The summed E-state index contributed by atoms with van der Waals surface area (Å²) in [6.45, 7) is 6.87. The monoisotopic (exact) mass is 251 g/mol. The van der Waals surface area contributed by atoms with Crippen LogP contribution in [0.5, 0.6) is 0 Å². The van der Waals surface area contributed by atoms with Crippen molar-refractivity contribution < 1.29 is 9.53 Å². The number of carbonyl (C=O) groups is 1. The van der Waals surface area contributed by atoms with Gasteiger partial charge < -0.3 is 14.6 Å². The molecule has 1 aromatic rings. The van der Waals surface area contributed by atoms with Crippen LogP contribution in [0, 0.1) is 0 Å². The normalized spacial score (nSPS) is 15.5. The fourth-order valence-corrected chi connectivity index (χ4v) is 1.80. The Labute approximate surface area is 108 Å². The van der Waals surface area contributed by atoms with Crippen molar-refractivity contribution in [2.24, 2.45) is 0 Å². The minimum absolute atomic E-state index is 0.365. The lowest BCUT2D eigenvalue weighted by Gasteiger charge is -2.19. The van der Waals surface area contributed by atoms with Crippen molar-refractivity contribution >= 4 is 6.09 Å². The van der Waals surface area contributed by atoms with Gasteiger partial charge in [-0.2, -0.15) is 0 Å². The summed E-state index contributed by atoms with van der Waals surface area (Å²) in [5.41, 5.74) is -0.446. The lowest BCUT2D eigenvalue weighted by Crippen LogP contribution is -2.34. The molecule has 1 fully saturated rings. The first-order valence-corrected chi connectivity index (χ1v) is 6.43. The van der Waals surface area contributed by atoms with Crippen LogP contribution in [0.25, 0.3) is 0 Å². The van der Waals surface area contributed by atoms with Crippen molar-refractivity contribution in [1.29, 1.82) is 0 Å². The molecule has 1 heterocycles. The molecular formula is C13H21N3O2. The van der Waals surface area contributed by atoms with E-state index in [0.29, 0.717) is 12.5 Å². The fraction of sp³-hybridized carbons (Fsp3) is 0.692. The van der Waals surface area contributed by atoms with Gasteiger partial charge in [0.05, 0.1) is 0 Å². The molecule has 0 spiro atoms. The maximum absolute atomic E-state index is 11.5. The molecule has 18 heavy (non-hydrogen) atoms. The molecular weight excluding hydrogens is 230 g/mol. The molecule has 1 saturated carbocycles. The topological polar surface area (TPSA) is 56.1 Å². The SMILES string of the molecule is CC(C)(C)OC(=O)NCCn1ccnc1C1CC1. The van der Waals surface area contributed by atoms with Crippen LogP contribution >= 0.6 is 0 Å². The molecule has 0 aromatic carbocycles. The van der Waals surface area contributed by atoms with Crippen LogP contribution in [0.2, 0.25) is 0 Å².